The molecule has 2 aromatic rings. The van der Waals surface area contributed by atoms with E-state index in [1.165, 1.54) is 18.1 Å². The first-order valence-electron chi connectivity index (χ1n) is 10.3. The number of allylic oxidation sites excluding steroid dienone is 2. The van der Waals surface area contributed by atoms with Gasteiger partial charge in [-0.15, -0.1) is 0 Å². The minimum absolute atomic E-state index is 0.00480. The number of hydrogen-bond acceptors (Lipinski definition) is 2. The van der Waals surface area contributed by atoms with Crippen molar-refractivity contribution in [3.8, 4) is 11.1 Å². The van der Waals surface area contributed by atoms with Crippen LogP contribution in [0.25, 0.3) is 11.1 Å². The van der Waals surface area contributed by atoms with Crippen molar-refractivity contribution in [1.29, 1.82) is 0 Å². The molecule has 0 aromatic heterocycles. The molecule has 2 nitrogen and oxygen atoms in total. The van der Waals surface area contributed by atoms with Gasteiger partial charge < -0.3 is 4.74 Å². The molecule has 0 unspecified atom stereocenters. The van der Waals surface area contributed by atoms with Crippen molar-refractivity contribution >= 4 is 17.6 Å². The molecule has 31 heavy (non-hydrogen) atoms. The highest BCUT2D eigenvalue weighted by molar-refractivity contribution is 6.30. The topological polar surface area (TPSA) is 26.3 Å². The molecule has 0 amide bonds. The predicted molar refractivity (Wildman–Crippen MR) is 114 cm³/mol. The van der Waals surface area contributed by atoms with Gasteiger partial charge in [0.15, 0.2) is 0 Å². The smallest absolute Gasteiger partial charge is 0.426 e. The van der Waals surface area contributed by atoms with Crippen LogP contribution >= 0.6 is 11.6 Å². The molecular weight excluding hydrogens is 425 g/mol. The van der Waals surface area contributed by atoms with E-state index >= 15 is 0 Å². The molecule has 164 valence electrons. The van der Waals surface area contributed by atoms with Gasteiger partial charge >= 0.3 is 12.1 Å². The second kappa shape index (κ2) is 7.70. The molecule has 2 aromatic carbocycles. The van der Waals surface area contributed by atoms with E-state index in [1.54, 1.807) is 13.8 Å². The summed E-state index contributed by atoms with van der Waals surface area (Å²) in [4.78, 5) is 12.8. The number of esters is 1. The highest BCUT2D eigenvalue weighted by atomic mass is 35.5. The van der Waals surface area contributed by atoms with Crippen molar-refractivity contribution < 1.29 is 22.7 Å². The van der Waals surface area contributed by atoms with E-state index in [0.29, 0.717) is 0 Å². The quantitative estimate of drug-likeness (QED) is 0.478. The summed E-state index contributed by atoms with van der Waals surface area (Å²) in [6, 6.07) is 14.2. The van der Waals surface area contributed by atoms with Gasteiger partial charge in [-0.3, -0.25) is 4.79 Å². The van der Waals surface area contributed by atoms with Crippen LogP contribution in [-0.2, 0) is 29.0 Å². The normalized spacial score (nSPS) is 22.2. The third kappa shape index (κ3) is 3.89. The molecule has 2 atom stereocenters. The molecule has 0 N–H and O–H groups in total. The lowest BCUT2D eigenvalue weighted by Crippen LogP contribution is -2.14. The number of hydrogen-bond donors (Lipinski definition) is 0. The van der Waals surface area contributed by atoms with E-state index in [1.807, 2.05) is 24.3 Å². The van der Waals surface area contributed by atoms with Crippen LogP contribution in [0, 0.1) is 17.3 Å². The largest absolute Gasteiger partial charge is 0.461 e. The fourth-order valence-corrected chi connectivity index (χ4v) is 5.18. The number of halogens is 4. The predicted octanol–water partition coefficient (Wildman–Crippen LogP) is 6.84. The molecule has 0 radical (unpaired) electrons. The van der Waals surface area contributed by atoms with Crippen molar-refractivity contribution in [2.75, 3.05) is 0 Å². The fraction of sp³-hybridized carbons (Fsp3) is 0.400. The Balaban J connectivity index is 1.51. The van der Waals surface area contributed by atoms with E-state index in [4.69, 9.17) is 16.3 Å². The number of carbonyl (C=O) groups is 1. The molecular formula is C25H24ClF3O2. The lowest BCUT2D eigenvalue weighted by atomic mass is 9.83. The maximum absolute atomic E-state index is 13.0. The van der Waals surface area contributed by atoms with Crippen LogP contribution in [-0.4, -0.2) is 12.1 Å². The summed E-state index contributed by atoms with van der Waals surface area (Å²) in [5.74, 6) is -1.69. The van der Waals surface area contributed by atoms with E-state index in [0.717, 1.165) is 29.5 Å². The van der Waals surface area contributed by atoms with E-state index < -0.39 is 34.4 Å². The number of alkyl halides is 3. The maximum Gasteiger partial charge on any atom is 0.426 e. The van der Waals surface area contributed by atoms with Gasteiger partial charge in [-0.1, -0.05) is 67.9 Å². The SMILES string of the molecule is CC(=C(Cl)C(F)(F)F)[C@@H]1[C@H](C(=O)OCc2cccc3c2CCc2ccccc2-3)C1(C)C. The Bertz CT molecular complexity index is 1070. The molecule has 1 fully saturated rings. The van der Waals surface area contributed by atoms with Gasteiger partial charge in [0.05, 0.1) is 5.92 Å². The number of carbonyl (C=O) groups excluding carboxylic acids is 1. The van der Waals surface area contributed by atoms with Crippen LogP contribution in [0.3, 0.4) is 0 Å². The standard InChI is InChI=1S/C25H24ClF3O2/c1-14(22(26)25(27,28)29)20-21(24(20,2)3)23(30)31-13-16-8-6-10-19-17-9-5-4-7-15(17)11-12-18(16)19/h4-10,20-21H,11-13H2,1-3H3/t20-,21-/m1/s1. The van der Waals surface area contributed by atoms with Gasteiger partial charge in [0.25, 0.3) is 0 Å². The summed E-state index contributed by atoms with van der Waals surface area (Å²) in [7, 11) is 0. The van der Waals surface area contributed by atoms with E-state index in [-0.39, 0.29) is 12.2 Å². The molecule has 0 spiro atoms. The van der Waals surface area contributed by atoms with E-state index in [2.05, 4.69) is 18.2 Å². The first-order chi connectivity index (χ1) is 14.5. The Labute approximate surface area is 185 Å². The third-order valence-corrected chi connectivity index (χ3v) is 7.25. The molecule has 2 aliphatic rings. The number of ether oxygens (including phenoxy) is 1. The Morgan fingerprint density at radius 2 is 1.74 bits per heavy atom. The van der Waals surface area contributed by atoms with Gasteiger partial charge in [0.1, 0.15) is 11.6 Å². The second-order valence-corrected chi connectivity index (χ2v) is 9.36. The second-order valence-electron chi connectivity index (χ2n) is 8.98. The minimum atomic E-state index is -4.61. The van der Waals surface area contributed by atoms with Crippen LogP contribution in [0.5, 0.6) is 0 Å². The summed E-state index contributed by atoms with van der Waals surface area (Å²) in [6.45, 7) is 5.00. The van der Waals surface area contributed by atoms with Crippen molar-refractivity contribution in [2.24, 2.45) is 17.3 Å². The van der Waals surface area contributed by atoms with E-state index in [9.17, 15) is 18.0 Å². The lowest BCUT2D eigenvalue weighted by Gasteiger charge is -2.22. The van der Waals surface area contributed by atoms with Crippen LogP contribution in [0.4, 0.5) is 13.2 Å². The van der Waals surface area contributed by atoms with Crippen LogP contribution < -0.4 is 0 Å². The summed E-state index contributed by atoms with van der Waals surface area (Å²) in [5.41, 5.74) is 5.12. The highest BCUT2D eigenvalue weighted by Gasteiger charge is 2.64. The van der Waals surface area contributed by atoms with Gasteiger partial charge in [0.2, 0.25) is 0 Å². The van der Waals surface area contributed by atoms with Gasteiger partial charge in [-0.25, -0.2) is 0 Å². The van der Waals surface area contributed by atoms with Crippen molar-refractivity contribution in [1.82, 2.24) is 0 Å². The van der Waals surface area contributed by atoms with Crippen molar-refractivity contribution in [3.63, 3.8) is 0 Å². The number of rotatable bonds is 4. The van der Waals surface area contributed by atoms with Crippen LogP contribution in [0.2, 0.25) is 0 Å². The van der Waals surface area contributed by atoms with Crippen molar-refractivity contribution in [3.05, 3.63) is 69.8 Å². The summed E-state index contributed by atoms with van der Waals surface area (Å²) >= 11 is 5.54. The molecule has 1 saturated carbocycles. The van der Waals surface area contributed by atoms with Crippen molar-refractivity contribution in [2.45, 2.75) is 46.4 Å². The number of benzene rings is 2. The minimum Gasteiger partial charge on any atom is -0.461 e. The zero-order valence-electron chi connectivity index (χ0n) is 17.6. The molecule has 2 aliphatic carbocycles. The van der Waals surface area contributed by atoms with Crippen LogP contribution in [0.15, 0.2) is 53.1 Å². The van der Waals surface area contributed by atoms with Crippen LogP contribution in [0.1, 0.15) is 37.5 Å². The average Bonchev–Trinajstić information content (AvgIpc) is 3.31. The zero-order chi connectivity index (χ0) is 22.6. The molecule has 0 saturated heterocycles. The van der Waals surface area contributed by atoms with Gasteiger partial charge in [-0.2, -0.15) is 13.2 Å². The highest BCUT2D eigenvalue weighted by Crippen LogP contribution is 2.63. The molecule has 6 heteroatoms. The molecule has 4 rings (SSSR count). The van der Waals surface area contributed by atoms with Gasteiger partial charge in [-0.05, 0) is 58.6 Å². The monoisotopic (exact) mass is 448 g/mol. The lowest BCUT2D eigenvalue weighted by molar-refractivity contribution is -0.147. The average molecular weight is 449 g/mol. The molecule has 0 heterocycles. The fourth-order valence-electron chi connectivity index (χ4n) is 5.06. The van der Waals surface area contributed by atoms with Gasteiger partial charge in [0, 0.05) is 5.92 Å². The Hall–Kier alpha value is -2.27. The maximum atomic E-state index is 13.0. The summed E-state index contributed by atoms with van der Waals surface area (Å²) in [5, 5.41) is -1.14. The first kappa shape index (κ1) is 21.9. The Morgan fingerprint density at radius 3 is 2.45 bits per heavy atom. The number of fused-ring (bicyclic) bond motifs is 3. The Morgan fingerprint density at radius 1 is 1.06 bits per heavy atom. The summed E-state index contributed by atoms with van der Waals surface area (Å²) < 4.78 is 44.6. The third-order valence-electron chi connectivity index (χ3n) is 6.74. The molecule has 0 aliphatic heterocycles. The zero-order valence-corrected chi connectivity index (χ0v) is 18.4. The first-order valence-corrected chi connectivity index (χ1v) is 10.7. The number of aryl methyl sites for hydroxylation is 1. The molecule has 0 bridgehead atoms. The summed E-state index contributed by atoms with van der Waals surface area (Å²) in [6.07, 6.45) is -2.83. The Kier molecular flexibility index (Phi) is 5.45.